The van der Waals surface area contributed by atoms with Crippen LogP contribution in [0.5, 0.6) is 0 Å². The Balaban J connectivity index is 5.15. The molecular weight excluding hydrogens is 1190 g/mol. The monoisotopic (exact) mass is 1320 g/mol. The lowest BCUT2D eigenvalue weighted by molar-refractivity contribution is -0.161. The fraction of sp³-hybridized carbons (Fsp3) is 0.944. The van der Waals surface area contributed by atoms with Crippen molar-refractivity contribution in [2.75, 3.05) is 39.6 Å². The number of phosphoric ester groups is 2. The van der Waals surface area contributed by atoms with E-state index in [0.29, 0.717) is 25.7 Å². The highest BCUT2D eigenvalue weighted by Crippen LogP contribution is 2.45. The first-order valence-corrected chi connectivity index (χ1v) is 40.3. The van der Waals surface area contributed by atoms with Crippen molar-refractivity contribution >= 4 is 39.5 Å². The second-order valence-electron chi connectivity index (χ2n) is 25.6. The molecule has 17 nitrogen and oxygen atoms in total. The third-order valence-corrected chi connectivity index (χ3v) is 18.5. The van der Waals surface area contributed by atoms with Crippen LogP contribution >= 0.6 is 15.6 Å². The van der Waals surface area contributed by atoms with E-state index < -0.39 is 97.5 Å². The summed E-state index contributed by atoms with van der Waals surface area (Å²) in [6.45, 7) is 4.88. The van der Waals surface area contributed by atoms with E-state index in [-0.39, 0.29) is 25.7 Å². The van der Waals surface area contributed by atoms with Gasteiger partial charge < -0.3 is 33.8 Å². The van der Waals surface area contributed by atoms with Gasteiger partial charge in [-0.15, -0.1) is 0 Å². The van der Waals surface area contributed by atoms with Crippen LogP contribution in [0.3, 0.4) is 0 Å². The number of esters is 4. The summed E-state index contributed by atoms with van der Waals surface area (Å²) in [5.41, 5.74) is 0. The average Bonchev–Trinajstić information content (AvgIpc) is 3.71. The van der Waals surface area contributed by atoms with Crippen molar-refractivity contribution in [3.8, 4) is 0 Å². The van der Waals surface area contributed by atoms with Gasteiger partial charge in [-0.2, -0.15) is 0 Å². The number of carbonyl (C=O) groups is 4. The van der Waals surface area contributed by atoms with Crippen molar-refractivity contribution in [3.63, 3.8) is 0 Å². The lowest BCUT2D eigenvalue weighted by atomic mass is 10.0. The van der Waals surface area contributed by atoms with Gasteiger partial charge in [-0.1, -0.05) is 323 Å². The predicted molar refractivity (Wildman–Crippen MR) is 363 cm³/mol. The van der Waals surface area contributed by atoms with E-state index in [4.69, 9.17) is 37.0 Å². The van der Waals surface area contributed by atoms with E-state index in [2.05, 4.69) is 27.7 Å². The molecule has 0 aliphatic carbocycles. The minimum atomic E-state index is -4.95. The van der Waals surface area contributed by atoms with Crippen molar-refractivity contribution in [2.24, 2.45) is 0 Å². The van der Waals surface area contributed by atoms with E-state index in [0.717, 1.165) is 109 Å². The van der Waals surface area contributed by atoms with Crippen LogP contribution in [0.2, 0.25) is 0 Å². The van der Waals surface area contributed by atoms with Gasteiger partial charge in [0.1, 0.15) is 19.3 Å². The summed E-state index contributed by atoms with van der Waals surface area (Å²) in [6.07, 6.45) is 54.4. The first-order valence-electron chi connectivity index (χ1n) is 37.3. The Labute approximate surface area is 549 Å². The molecule has 0 aliphatic heterocycles. The number of hydrogen-bond donors (Lipinski definition) is 3. The zero-order chi connectivity index (χ0) is 66.1. The largest absolute Gasteiger partial charge is 0.472 e. The van der Waals surface area contributed by atoms with Crippen LogP contribution in [-0.4, -0.2) is 96.7 Å². The fourth-order valence-electron chi connectivity index (χ4n) is 10.9. The van der Waals surface area contributed by atoms with Crippen LogP contribution in [0.1, 0.15) is 374 Å². The summed E-state index contributed by atoms with van der Waals surface area (Å²) in [7, 11) is -9.89. The summed E-state index contributed by atoms with van der Waals surface area (Å²) in [6, 6.07) is 0. The summed E-state index contributed by atoms with van der Waals surface area (Å²) in [4.78, 5) is 72.3. The molecule has 0 radical (unpaired) electrons. The van der Waals surface area contributed by atoms with Gasteiger partial charge in [-0.25, -0.2) is 9.13 Å². The molecule has 0 saturated heterocycles. The minimum Gasteiger partial charge on any atom is -0.462 e. The number of aliphatic hydroxyl groups excluding tert-OH is 1. The van der Waals surface area contributed by atoms with Gasteiger partial charge in [0.2, 0.25) is 0 Å². The number of rotatable bonds is 72. The highest BCUT2D eigenvalue weighted by molar-refractivity contribution is 7.47. The van der Waals surface area contributed by atoms with Crippen LogP contribution in [0.25, 0.3) is 0 Å². The molecule has 5 atom stereocenters. The van der Waals surface area contributed by atoms with Crippen LogP contribution in [0.4, 0.5) is 0 Å². The molecule has 0 aromatic heterocycles. The second kappa shape index (κ2) is 65.7. The Morgan fingerprint density at radius 3 is 0.656 bits per heavy atom. The molecule has 0 amide bonds. The van der Waals surface area contributed by atoms with Gasteiger partial charge in [-0.05, 0) is 25.7 Å². The summed E-state index contributed by atoms with van der Waals surface area (Å²) in [5.74, 6) is -2.13. The molecule has 90 heavy (non-hydrogen) atoms. The van der Waals surface area contributed by atoms with Gasteiger partial charge in [0.05, 0.1) is 26.4 Å². The van der Waals surface area contributed by atoms with E-state index in [1.54, 1.807) is 0 Å². The highest BCUT2D eigenvalue weighted by Gasteiger charge is 2.30. The van der Waals surface area contributed by atoms with Crippen molar-refractivity contribution in [3.05, 3.63) is 0 Å². The summed E-state index contributed by atoms with van der Waals surface area (Å²) < 4.78 is 68.1. The molecule has 0 aromatic carbocycles. The Bertz CT molecular complexity index is 1720. The van der Waals surface area contributed by atoms with Gasteiger partial charge >= 0.3 is 39.5 Å². The van der Waals surface area contributed by atoms with Crippen LogP contribution < -0.4 is 0 Å². The first-order chi connectivity index (χ1) is 43.7. The molecule has 0 bridgehead atoms. The number of phosphoric acid groups is 2. The lowest BCUT2D eigenvalue weighted by Gasteiger charge is -2.21. The standard InChI is InChI=1S/C71H138O17P2/c1-5-9-13-17-21-24-26-28-30-32-34-36-38-40-42-46-50-54-58-71(76)88-67(62-82-69(74)56-52-48-45-41-39-37-35-33-31-29-27-25-22-18-14-10-6-2)64-86-90(79,80)84-60-65(72)59-83-89(77,78)85-63-66(61-81-68(73)55-51-47-43-20-16-12-8-4)87-70(75)57-53-49-44-23-19-15-11-7-3/h65-67,72H,5-64H2,1-4H3,(H,77,78)(H,79,80)/t65-,66+,67+/m0/s1. The molecular formula is C71H138O17P2. The molecule has 0 rings (SSSR count). The average molecular weight is 1330 g/mol. The number of unbranched alkanes of at least 4 members (excludes halogenated alkanes) is 46. The number of carbonyl (C=O) groups excluding carboxylic acids is 4. The molecule has 534 valence electrons. The molecule has 0 fully saturated rings. The Kier molecular flexibility index (Phi) is 64.3. The molecule has 0 aromatic rings. The van der Waals surface area contributed by atoms with Crippen molar-refractivity contribution in [1.29, 1.82) is 0 Å². The Morgan fingerprint density at radius 1 is 0.267 bits per heavy atom. The number of hydrogen-bond acceptors (Lipinski definition) is 15. The minimum absolute atomic E-state index is 0.105. The maximum absolute atomic E-state index is 13.0. The van der Waals surface area contributed by atoms with Gasteiger partial charge in [0, 0.05) is 25.7 Å². The second-order valence-corrected chi connectivity index (χ2v) is 28.5. The Morgan fingerprint density at radius 2 is 0.444 bits per heavy atom. The maximum Gasteiger partial charge on any atom is 0.472 e. The van der Waals surface area contributed by atoms with Crippen molar-refractivity contribution in [2.45, 2.75) is 393 Å². The SMILES string of the molecule is CCCCCCCCCCCCCCCCCCCCC(=O)O[C@H](COC(=O)CCCCCCCCCCCCCCCCCCC)COP(=O)(O)OC[C@@H](O)COP(=O)(O)OC[C@@H](COC(=O)CCCCCCCCC)OC(=O)CCCCCCCCCC. The number of ether oxygens (including phenoxy) is 4. The van der Waals surface area contributed by atoms with E-state index in [1.165, 1.54) is 186 Å². The van der Waals surface area contributed by atoms with E-state index >= 15 is 0 Å². The fourth-order valence-corrected chi connectivity index (χ4v) is 12.4. The summed E-state index contributed by atoms with van der Waals surface area (Å²) in [5, 5.41) is 10.6. The molecule has 0 saturated carbocycles. The molecule has 0 spiro atoms. The highest BCUT2D eigenvalue weighted by atomic mass is 31.2. The maximum atomic E-state index is 13.0. The van der Waals surface area contributed by atoms with Gasteiger partial charge in [0.15, 0.2) is 12.2 Å². The zero-order valence-electron chi connectivity index (χ0n) is 58.1. The molecule has 0 aliphatic rings. The Hall–Kier alpha value is -1.94. The number of aliphatic hydroxyl groups is 1. The third-order valence-electron chi connectivity index (χ3n) is 16.6. The third kappa shape index (κ3) is 64.8. The van der Waals surface area contributed by atoms with Crippen molar-refractivity contribution < 1.29 is 80.2 Å². The predicted octanol–water partition coefficient (Wildman–Crippen LogP) is 20.7. The van der Waals surface area contributed by atoms with Gasteiger partial charge in [0.25, 0.3) is 0 Å². The molecule has 0 heterocycles. The van der Waals surface area contributed by atoms with Gasteiger partial charge in [-0.3, -0.25) is 37.3 Å². The first kappa shape index (κ1) is 88.1. The smallest absolute Gasteiger partial charge is 0.462 e. The van der Waals surface area contributed by atoms with Crippen LogP contribution in [0, 0.1) is 0 Å². The topological polar surface area (TPSA) is 237 Å². The summed E-state index contributed by atoms with van der Waals surface area (Å²) >= 11 is 0. The van der Waals surface area contributed by atoms with Crippen molar-refractivity contribution in [1.82, 2.24) is 0 Å². The zero-order valence-corrected chi connectivity index (χ0v) is 59.9. The van der Waals surface area contributed by atoms with Crippen LogP contribution in [0.15, 0.2) is 0 Å². The lowest BCUT2D eigenvalue weighted by Crippen LogP contribution is -2.30. The normalized spacial score (nSPS) is 14.0. The molecule has 3 N–H and O–H groups in total. The van der Waals surface area contributed by atoms with E-state index in [1.807, 2.05) is 0 Å². The van der Waals surface area contributed by atoms with Crippen LogP contribution in [-0.2, 0) is 65.4 Å². The molecule has 19 heteroatoms. The molecule has 2 unspecified atom stereocenters. The quantitative estimate of drug-likeness (QED) is 0.0222. The van der Waals surface area contributed by atoms with E-state index in [9.17, 15) is 43.2 Å².